The number of terminal acetylenes is 1. The van der Waals surface area contributed by atoms with E-state index in [1.54, 1.807) is 36.4 Å². The van der Waals surface area contributed by atoms with Crippen LogP contribution in [0.25, 0.3) is 0 Å². The highest BCUT2D eigenvalue weighted by Gasteiger charge is 2.04. The molecule has 3 heteroatoms. The maximum atomic E-state index is 8.93. The molecule has 2 rings (SSSR count). The van der Waals surface area contributed by atoms with Gasteiger partial charge in [-0.1, -0.05) is 5.92 Å². The average Bonchev–Trinajstić information content (AvgIpc) is 2.48. The summed E-state index contributed by atoms with van der Waals surface area (Å²) in [5, 5.41) is 17.8. The molecule has 0 aliphatic carbocycles. The van der Waals surface area contributed by atoms with Gasteiger partial charge >= 0.3 is 0 Å². The van der Waals surface area contributed by atoms with Crippen molar-refractivity contribution in [2.24, 2.45) is 0 Å². The highest BCUT2D eigenvalue weighted by atomic mass is 16.5. The fourth-order valence-corrected chi connectivity index (χ4v) is 1.53. The molecular formula is C16H8N2O. The summed E-state index contributed by atoms with van der Waals surface area (Å²) < 4.78 is 5.59. The quantitative estimate of drug-likeness (QED) is 0.762. The Morgan fingerprint density at radius 1 is 0.842 bits per heavy atom. The van der Waals surface area contributed by atoms with Crippen LogP contribution in [0.2, 0.25) is 0 Å². The van der Waals surface area contributed by atoms with Gasteiger partial charge in [0, 0.05) is 5.56 Å². The lowest BCUT2D eigenvalue weighted by atomic mass is 10.1. The zero-order valence-electron chi connectivity index (χ0n) is 9.92. The Balaban J connectivity index is 2.27. The molecule has 0 amide bonds. The van der Waals surface area contributed by atoms with Gasteiger partial charge in [-0.3, -0.25) is 0 Å². The summed E-state index contributed by atoms with van der Waals surface area (Å²) >= 11 is 0. The van der Waals surface area contributed by atoms with Gasteiger partial charge in [0.1, 0.15) is 23.6 Å². The third kappa shape index (κ3) is 2.72. The average molecular weight is 244 g/mol. The highest BCUT2D eigenvalue weighted by molar-refractivity contribution is 5.50. The van der Waals surface area contributed by atoms with Gasteiger partial charge in [-0.15, -0.1) is 6.42 Å². The van der Waals surface area contributed by atoms with Crippen LogP contribution in [0.3, 0.4) is 0 Å². The van der Waals surface area contributed by atoms with Crippen LogP contribution in [0.5, 0.6) is 11.5 Å². The number of benzene rings is 2. The van der Waals surface area contributed by atoms with Crippen molar-refractivity contribution >= 4 is 0 Å². The van der Waals surface area contributed by atoms with E-state index in [0.717, 1.165) is 5.56 Å². The van der Waals surface area contributed by atoms with Crippen molar-refractivity contribution in [2.45, 2.75) is 0 Å². The number of hydrogen-bond acceptors (Lipinski definition) is 3. The second kappa shape index (κ2) is 5.41. The Morgan fingerprint density at radius 2 is 1.47 bits per heavy atom. The molecule has 0 atom stereocenters. The van der Waals surface area contributed by atoms with Crippen molar-refractivity contribution in [3.05, 3.63) is 59.2 Å². The topological polar surface area (TPSA) is 56.8 Å². The fourth-order valence-electron chi connectivity index (χ4n) is 1.53. The van der Waals surface area contributed by atoms with Crippen LogP contribution < -0.4 is 4.74 Å². The van der Waals surface area contributed by atoms with Crippen molar-refractivity contribution in [3.8, 4) is 36.0 Å². The van der Waals surface area contributed by atoms with Crippen LogP contribution >= 0.6 is 0 Å². The summed E-state index contributed by atoms with van der Waals surface area (Å²) in [5.41, 5.74) is 1.39. The molecular weight excluding hydrogens is 236 g/mol. The predicted octanol–water partition coefficient (Wildman–Crippen LogP) is 3.20. The Bertz CT molecular complexity index is 725. The normalized spacial score (nSPS) is 8.89. The SMILES string of the molecule is C#Cc1ccc(Oc2ccc(C#N)c(C#N)c2)cc1. The Kier molecular flexibility index (Phi) is 3.48. The first-order valence-electron chi connectivity index (χ1n) is 5.45. The zero-order chi connectivity index (χ0) is 13.7. The van der Waals surface area contributed by atoms with Crippen molar-refractivity contribution in [1.29, 1.82) is 10.5 Å². The lowest BCUT2D eigenvalue weighted by Gasteiger charge is -2.06. The van der Waals surface area contributed by atoms with E-state index in [1.807, 2.05) is 12.1 Å². The molecule has 19 heavy (non-hydrogen) atoms. The molecule has 88 valence electrons. The molecule has 0 N–H and O–H groups in total. The summed E-state index contributed by atoms with van der Waals surface area (Å²) in [6.07, 6.45) is 5.26. The summed E-state index contributed by atoms with van der Waals surface area (Å²) in [6, 6.07) is 15.7. The first kappa shape index (κ1) is 12.2. The molecule has 0 saturated carbocycles. The number of nitrogens with zero attached hydrogens (tertiary/aromatic N) is 2. The number of nitriles is 2. The zero-order valence-corrected chi connectivity index (χ0v) is 9.92. The molecule has 0 radical (unpaired) electrons. The van der Waals surface area contributed by atoms with E-state index in [-0.39, 0.29) is 0 Å². The molecule has 0 aromatic heterocycles. The smallest absolute Gasteiger partial charge is 0.128 e. The molecule has 0 spiro atoms. The van der Waals surface area contributed by atoms with E-state index < -0.39 is 0 Å². The van der Waals surface area contributed by atoms with Gasteiger partial charge in [-0.05, 0) is 42.5 Å². The van der Waals surface area contributed by atoms with Crippen molar-refractivity contribution < 1.29 is 4.74 Å². The van der Waals surface area contributed by atoms with Gasteiger partial charge < -0.3 is 4.74 Å². The largest absolute Gasteiger partial charge is 0.457 e. The van der Waals surface area contributed by atoms with Crippen LogP contribution in [-0.2, 0) is 0 Å². The minimum Gasteiger partial charge on any atom is -0.457 e. The van der Waals surface area contributed by atoms with Crippen molar-refractivity contribution in [2.75, 3.05) is 0 Å². The Morgan fingerprint density at radius 3 is 2.05 bits per heavy atom. The Hall–Kier alpha value is -3.22. The highest BCUT2D eigenvalue weighted by Crippen LogP contribution is 2.23. The van der Waals surface area contributed by atoms with Gasteiger partial charge in [0.05, 0.1) is 11.1 Å². The number of rotatable bonds is 2. The van der Waals surface area contributed by atoms with Gasteiger partial charge in [0.25, 0.3) is 0 Å². The molecule has 0 aliphatic heterocycles. The standard InChI is InChI=1S/C16H8N2O/c1-2-12-3-6-15(7-4-12)19-16-8-5-13(10-17)14(9-16)11-18/h1,3-9H. The van der Waals surface area contributed by atoms with Crippen LogP contribution in [0, 0.1) is 35.0 Å². The predicted molar refractivity (Wildman–Crippen MR) is 70.3 cm³/mol. The molecule has 2 aromatic carbocycles. The lowest BCUT2D eigenvalue weighted by Crippen LogP contribution is -1.88. The molecule has 0 unspecified atom stereocenters. The second-order valence-corrected chi connectivity index (χ2v) is 3.70. The lowest BCUT2D eigenvalue weighted by molar-refractivity contribution is 0.482. The maximum Gasteiger partial charge on any atom is 0.128 e. The minimum absolute atomic E-state index is 0.292. The molecule has 2 aromatic rings. The summed E-state index contributed by atoms with van der Waals surface area (Å²) in [5.74, 6) is 3.64. The van der Waals surface area contributed by atoms with Gasteiger partial charge in [0.2, 0.25) is 0 Å². The van der Waals surface area contributed by atoms with E-state index in [1.165, 1.54) is 6.07 Å². The molecule has 0 heterocycles. The Labute approximate surface area is 111 Å². The number of hydrogen-bond donors (Lipinski definition) is 0. The van der Waals surface area contributed by atoms with E-state index in [4.69, 9.17) is 21.7 Å². The van der Waals surface area contributed by atoms with Crippen molar-refractivity contribution in [1.82, 2.24) is 0 Å². The maximum absolute atomic E-state index is 8.93. The molecule has 0 saturated heterocycles. The number of ether oxygens (including phenoxy) is 1. The van der Waals surface area contributed by atoms with Crippen LogP contribution in [0.4, 0.5) is 0 Å². The first-order chi connectivity index (χ1) is 9.26. The first-order valence-corrected chi connectivity index (χ1v) is 5.45. The van der Waals surface area contributed by atoms with Gasteiger partial charge in [-0.2, -0.15) is 10.5 Å². The summed E-state index contributed by atoms with van der Waals surface area (Å²) in [7, 11) is 0. The second-order valence-electron chi connectivity index (χ2n) is 3.70. The van der Waals surface area contributed by atoms with Gasteiger partial charge in [-0.25, -0.2) is 0 Å². The van der Waals surface area contributed by atoms with E-state index >= 15 is 0 Å². The van der Waals surface area contributed by atoms with Gasteiger partial charge in [0.15, 0.2) is 0 Å². The molecule has 0 bridgehead atoms. The van der Waals surface area contributed by atoms with Crippen LogP contribution in [-0.4, -0.2) is 0 Å². The third-order valence-electron chi connectivity index (χ3n) is 2.49. The van der Waals surface area contributed by atoms with E-state index in [2.05, 4.69) is 5.92 Å². The van der Waals surface area contributed by atoms with Crippen molar-refractivity contribution in [3.63, 3.8) is 0 Å². The van der Waals surface area contributed by atoms with E-state index in [0.29, 0.717) is 22.6 Å². The molecule has 0 fully saturated rings. The van der Waals surface area contributed by atoms with E-state index in [9.17, 15) is 0 Å². The summed E-state index contributed by atoms with van der Waals surface area (Å²) in [6.45, 7) is 0. The fraction of sp³-hybridized carbons (Fsp3) is 0. The molecule has 3 nitrogen and oxygen atoms in total. The summed E-state index contributed by atoms with van der Waals surface area (Å²) in [4.78, 5) is 0. The van der Waals surface area contributed by atoms with Crippen LogP contribution in [0.1, 0.15) is 16.7 Å². The third-order valence-corrected chi connectivity index (χ3v) is 2.49. The molecule has 0 aliphatic rings. The van der Waals surface area contributed by atoms with Crippen LogP contribution in [0.15, 0.2) is 42.5 Å². The minimum atomic E-state index is 0.292. The monoisotopic (exact) mass is 244 g/mol.